The monoisotopic (exact) mass is 218 g/mol. The zero-order valence-corrected chi connectivity index (χ0v) is 9.85. The summed E-state index contributed by atoms with van der Waals surface area (Å²) in [5.41, 5.74) is 1.33. The molecule has 86 valence electrons. The number of hydrogen-bond donors (Lipinski definition) is 0. The van der Waals surface area contributed by atoms with E-state index in [1.165, 1.54) is 18.7 Å². The van der Waals surface area contributed by atoms with E-state index in [1.807, 2.05) is 24.3 Å². The Kier molecular flexibility index (Phi) is 5.34. The Morgan fingerprint density at radius 1 is 1.38 bits per heavy atom. The van der Waals surface area contributed by atoms with Crippen molar-refractivity contribution in [3.8, 4) is 0 Å². The SMILES string of the molecule is COC(=O)C=CCC(C)Cc1ccccc1. The van der Waals surface area contributed by atoms with E-state index >= 15 is 0 Å². The van der Waals surface area contributed by atoms with Crippen molar-refractivity contribution in [3.63, 3.8) is 0 Å². The summed E-state index contributed by atoms with van der Waals surface area (Å²) in [5.74, 6) is 0.246. The van der Waals surface area contributed by atoms with Gasteiger partial charge in [0.1, 0.15) is 0 Å². The van der Waals surface area contributed by atoms with Crippen LogP contribution in [0.2, 0.25) is 0 Å². The summed E-state index contributed by atoms with van der Waals surface area (Å²) < 4.78 is 4.52. The normalized spacial score (nSPS) is 12.6. The lowest BCUT2D eigenvalue weighted by molar-refractivity contribution is -0.134. The van der Waals surface area contributed by atoms with E-state index in [-0.39, 0.29) is 5.97 Å². The highest BCUT2D eigenvalue weighted by molar-refractivity contribution is 5.81. The number of esters is 1. The summed E-state index contributed by atoms with van der Waals surface area (Å²) >= 11 is 0. The van der Waals surface area contributed by atoms with Crippen molar-refractivity contribution in [2.75, 3.05) is 7.11 Å². The standard InChI is InChI=1S/C14H18O2/c1-12(7-6-10-14(15)16-2)11-13-8-4-3-5-9-13/h3-6,8-10,12H,7,11H2,1-2H3. The number of rotatable bonds is 5. The average Bonchev–Trinajstić information content (AvgIpc) is 2.30. The fourth-order valence-corrected chi connectivity index (χ4v) is 1.56. The third-order valence-corrected chi connectivity index (χ3v) is 2.42. The summed E-state index contributed by atoms with van der Waals surface area (Å²) in [6, 6.07) is 10.4. The van der Waals surface area contributed by atoms with Gasteiger partial charge in [0.2, 0.25) is 0 Å². The fourth-order valence-electron chi connectivity index (χ4n) is 1.56. The van der Waals surface area contributed by atoms with E-state index in [1.54, 1.807) is 0 Å². The van der Waals surface area contributed by atoms with Gasteiger partial charge in [-0.05, 0) is 24.3 Å². The maximum Gasteiger partial charge on any atom is 0.330 e. The van der Waals surface area contributed by atoms with Crippen molar-refractivity contribution in [1.82, 2.24) is 0 Å². The van der Waals surface area contributed by atoms with E-state index in [0.717, 1.165) is 12.8 Å². The Morgan fingerprint density at radius 3 is 2.69 bits per heavy atom. The van der Waals surface area contributed by atoms with Crippen molar-refractivity contribution < 1.29 is 9.53 Å². The molecule has 0 saturated heterocycles. The number of carbonyl (C=O) groups is 1. The minimum Gasteiger partial charge on any atom is -0.466 e. The molecule has 0 aromatic heterocycles. The first-order chi connectivity index (χ1) is 7.72. The van der Waals surface area contributed by atoms with Crippen molar-refractivity contribution in [2.24, 2.45) is 5.92 Å². The van der Waals surface area contributed by atoms with E-state index in [2.05, 4.69) is 23.8 Å². The molecule has 1 aromatic rings. The molecule has 1 atom stereocenters. The second kappa shape index (κ2) is 6.83. The molecule has 0 heterocycles. The highest BCUT2D eigenvalue weighted by atomic mass is 16.5. The molecule has 0 spiro atoms. The molecule has 0 fully saturated rings. The quantitative estimate of drug-likeness (QED) is 0.561. The summed E-state index contributed by atoms with van der Waals surface area (Å²) in [7, 11) is 1.39. The largest absolute Gasteiger partial charge is 0.466 e. The number of methoxy groups -OCH3 is 1. The molecule has 2 heteroatoms. The van der Waals surface area contributed by atoms with E-state index in [9.17, 15) is 4.79 Å². The number of hydrogen-bond acceptors (Lipinski definition) is 2. The second-order valence-corrected chi connectivity index (χ2v) is 3.96. The van der Waals surface area contributed by atoms with Crippen molar-refractivity contribution >= 4 is 5.97 Å². The Balaban J connectivity index is 2.34. The van der Waals surface area contributed by atoms with Crippen LogP contribution in [-0.4, -0.2) is 13.1 Å². The van der Waals surface area contributed by atoms with Gasteiger partial charge < -0.3 is 4.74 Å². The molecule has 0 saturated carbocycles. The lowest BCUT2D eigenvalue weighted by Gasteiger charge is -2.08. The third kappa shape index (κ3) is 4.78. The van der Waals surface area contributed by atoms with Crippen molar-refractivity contribution in [2.45, 2.75) is 19.8 Å². The van der Waals surface area contributed by atoms with Gasteiger partial charge in [0.05, 0.1) is 7.11 Å². The molecule has 0 N–H and O–H groups in total. The maximum absolute atomic E-state index is 10.8. The van der Waals surface area contributed by atoms with Gasteiger partial charge in [-0.25, -0.2) is 4.79 Å². The van der Waals surface area contributed by atoms with E-state index in [4.69, 9.17) is 0 Å². The maximum atomic E-state index is 10.8. The average molecular weight is 218 g/mol. The summed E-state index contributed by atoms with van der Waals surface area (Å²) in [5, 5.41) is 0. The second-order valence-electron chi connectivity index (χ2n) is 3.96. The molecule has 0 aliphatic carbocycles. The van der Waals surface area contributed by atoms with Crippen molar-refractivity contribution in [3.05, 3.63) is 48.0 Å². The lowest BCUT2D eigenvalue weighted by atomic mass is 9.98. The predicted octanol–water partition coefficient (Wildman–Crippen LogP) is 2.98. The van der Waals surface area contributed by atoms with Crippen LogP contribution in [0.3, 0.4) is 0 Å². The van der Waals surface area contributed by atoms with Crippen LogP contribution in [-0.2, 0) is 16.0 Å². The summed E-state index contributed by atoms with van der Waals surface area (Å²) in [6.07, 6.45) is 5.29. The van der Waals surface area contributed by atoms with Crippen LogP contribution >= 0.6 is 0 Å². The van der Waals surface area contributed by atoms with E-state index < -0.39 is 0 Å². The topological polar surface area (TPSA) is 26.3 Å². The molecule has 1 aromatic carbocycles. The van der Waals surface area contributed by atoms with Crippen LogP contribution < -0.4 is 0 Å². The van der Waals surface area contributed by atoms with E-state index in [0.29, 0.717) is 5.92 Å². The number of benzene rings is 1. The molecule has 1 unspecified atom stereocenters. The molecule has 0 aliphatic rings. The van der Waals surface area contributed by atoms with Crippen LogP contribution in [0.4, 0.5) is 0 Å². The predicted molar refractivity (Wildman–Crippen MR) is 65.1 cm³/mol. The van der Waals surface area contributed by atoms with Gasteiger partial charge >= 0.3 is 5.97 Å². The van der Waals surface area contributed by atoms with Gasteiger partial charge in [0, 0.05) is 6.08 Å². The minimum atomic E-state index is -0.285. The molecule has 0 radical (unpaired) electrons. The Labute approximate surface area is 96.9 Å². The smallest absolute Gasteiger partial charge is 0.330 e. The molecular weight excluding hydrogens is 200 g/mol. The summed E-state index contributed by atoms with van der Waals surface area (Å²) in [4.78, 5) is 10.8. The first kappa shape index (κ1) is 12.5. The molecule has 0 bridgehead atoms. The van der Waals surface area contributed by atoms with Gasteiger partial charge in [-0.1, -0.05) is 43.3 Å². The van der Waals surface area contributed by atoms with Gasteiger partial charge in [0.15, 0.2) is 0 Å². The first-order valence-electron chi connectivity index (χ1n) is 5.50. The number of carbonyl (C=O) groups excluding carboxylic acids is 1. The molecule has 0 amide bonds. The Morgan fingerprint density at radius 2 is 2.06 bits per heavy atom. The Bertz CT molecular complexity index is 341. The third-order valence-electron chi connectivity index (χ3n) is 2.42. The highest BCUT2D eigenvalue weighted by Gasteiger charge is 2.01. The fraction of sp³-hybridized carbons (Fsp3) is 0.357. The van der Waals surface area contributed by atoms with Crippen LogP contribution in [0.15, 0.2) is 42.5 Å². The number of allylic oxidation sites excluding steroid dienone is 1. The van der Waals surface area contributed by atoms with Gasteiger partial charge in [-0.3, -0.25) is 0 Å². The molecule has 16 heavy (non-hydrogen) atoms. The molecule has 0 aliphatic heterocycles. The lowest BCUT2D eigenvalue weighted by Crippen LogP contribution is -1.99. The van der Waals surface area contributed by atoms with Crippen LogP contribution in [0.5, 0.6) is 0 Å². The summed E-state index contributed by atoms with van der Waals surface area (Å²) in [6.45, 7) is 2.18. The zero-order chi connectivity index (χ0) is 11.8. The minimum absolute atomic E-state index is 0.285. The molecular formula is C14H18O2. The first-order valence-corrected chi connectivity index (χ1v) is 5.50. The molecule has 2 nitrogen and oxygen atoms in total. The van der Waals surface area contributed by atoms with Crippen LogP contribution in [0, 0.1) is 5.92 Å². The van der Waals surface area contributed by atoms with Crippen molar-refractivity contribution in [1.29, 1.82) is 0 Å². The van der Waals surface area contributed by atoms with Gasteiger partial charge in [-0.2, -0.15) is 0 Å². The van der Waals surface area contributed by atoms with Crippen LogP contribution in [0.1, 0.15) is 18.9 Å². The van der Waals surface area contributed by atoms with Gasteiger partial charge in [-0.15, -0.1) is 0 Å². The highest BCUT2D eigenvalue weighted by Crippen LogP contribution is 2.11. The zero-order valence-electron chi connectivity index (χ0n) is 9.85. The molecule has 1 rings (SSSR count). The number of ether oxygens (including phenoxy) is 1. The van der Waals surface area contributed by atoms with Gasteiger partial charge in [0.25, 0.3) is 0 Å². The Hall–Kier alpha value is -1.57. The van der Waals surface area contributed by atoms with Crippen LogP contribution in [0.25, 0.3) is 0 Å².